The van der Waals surface area contributed by atoms with Crippen LogP contribution in [0.15, 0.2) is 21.8 Å². The second kappa shape index (κ2) is 12.9. The molecule has 0 aromatic carbocycles. The summed E-state index contributed by atoms with van der Waals surface area (Å²) in [4.78, 5) is 39.7. The molecule has 3 N–H and O–H groups in total. The topological polar surface area (TPSA) is 93.9 Å². The first-order chi connectivity index (χ1) is 19.9. The van der Waals surface area contributed by atoms with Gasteiger partial charge in [-0.3, -0.25) is 9.59 Å². The predicted octanol–water partition coefficient (Wildman–Crippen LogP) is 8.30. The van der Waals surface area contributed by atoms with E-state index in [1.54, 1.807) is 0 Å². The highest BCUT2D eigenvalue weighted by molar-refractivity contribution is 6.16. The third kappa shape index (κ3) is 5.02. The Hall–Kier alpha value is -3.67. The molecule has 0 fully saturated rings. The molecule has 0 bridgehead atoms. The lowest BCUT2D eigenvalue weighted by molar-refractivity contribution is 0.111. The van der Waals surface area contributed by atoms with Crippen LogP contribution in [0.5, 0.6) is 0 Å². The summed E-state index contributed by atoms with van der Waals surface area (Å²) in [6, 6.07) is 0. The Morgan fingerprint density at radius 3 is 1.29 bits per heavy atom. The molecule has 218 valence electrons. The van der Waals surface area contributed by atoms with Gasteiger partial charge in [0.2, 0.25) is 0 Å². The minimum absolute atomic E-state index is 0.668. The molecule has 4 rings (SSSR count). The number of aldehydes is 2. The highest BCUT2D eigenvalue weighted by Gasteiger charge is 2.28. The van der Waals surface area contributed by atoms with E-state index < -0.39 is 0 Å². The van der Waals surface area contributed by atoms with E-state index in [0.29, 0.717) is 11.4 Å². The van der Waals surface area contributed by atoms with Crippen molar-refractivity contribution >= 4 is 24.4 Å². The molecule has 1 aliphatic rings. The summed E-state index contributed by atoms with van der Waals surface area (Å²) in [5.74, 6) is 0. The molecule has 6 heteroatoms. The van der Waals surface area contributed by atoms with Crippen LogP contribution in [-0.2, 0) is 38.5 Å². The van der Waals surface area contributed by atoms with Gasteiger partial charge < -0.3 is 15.0 Å². The van der Waals surface area contributed by atoms with Gasteiger partial charge in [-0.25, -0.2) is 4.99 Å². The van der Waals surface area contributed by atoms with Crippen molar-refractivity contribution in [3.05, 3.63) is 73.0 Å². The zero-order valence-electron chi connectivity index (χ0n) is 26.2. The van der Waals surface area contributed by atoms with Gasteiger partial charge in [-0.05, 0) is 102 Å². The monoisotopic (exact) mass is 554 g/mol. The fraction of sp³-hybridized carbons (Fsp3) is 0.457. The maximum atomic E-state index is 11.9. The van der Waals surface area contributed by atoms with Crippen molar-refractivity contribution in [2.24, 2.45) is 4.99 Å². The van der Waals surface area contributed by atoms with E-state index in [9.17, 15) is 9.59 Å². The Balaban J connectivity index is 1.95. The van der Waals surface area contributed by atoms with Crippen LogP contribution in [-0.4, -0.2) is 33.2 Å². The zero-order valence-corrected chi connectivity index (χ0v) is 26.2. The first-order valence-corrected chi connectivity index (χ1v) is 15.6. The first-order valence-electron chi connectivity index (χ1n) is 15.6. The molecule has 3 aromatic heterocycles. The van der Waals surface area contributed by atoms with Gasteiger partial charge in [0.25, 0.3) is 0 Å². The summed E-state index contributed by atoms with van der Waals surface area (Å²) in [5.41, 5.74) is 17.2. The molecule has 0 radical (unpaired) electrons. The van der Waals surface area contributed by atoms with Crippen LogP contribution in [0.4, 0.5) is 0 Å². The maximum Gasteiger partial charge on any atom is 0.166 e. The van der Waals surface area contributed by atoms with E-state index >= 15 is 0 Å². The van der Waals surface area contributed by atoms with Gasteiger partial charge in [-0.2, -0.15) is 0 Å². The number of carbonyl (C=O) groups excluding carboxylic acids is 2. The molecule has 0 amide bonds. The number of aromatic nitrogens is 3. The second-order valence-corrected chi connectivity index (χ2v) is 10.6. The molecule has 0 spiro atoms. The first kappa shape index (κ1) is 30.3. The van der Waals surface area contributed by atoms with Crippen molar-refractivity contribution < 1.29 is 9.59 Å². The van der Waals surface area contributed by atoms with E-state index in [2.05, 4.69) is 76.4 Å². The lowest BCUT2D eigenvalue weighted by atomic mass is 9.94. The maximum absolute atomic E-state index is 11.9. The highest BCUT2D eigenvalue weighted by atomic mass is 16.1. The molecular weight excluding hydrogens is 508 g/mol. The average molecular weight is 555 g/mol. The summed E-state index contributed by atoms with van der Waals surface area (Å²) in [7, 11) is 0. The minimum atomic E-state index is 0.668. The third-order valence-electron chi connectivity index (χ3n) is 8.78. The Labute approximate surface area is 244 Å². The molecular formula is C35H46N4O2. The van der Waals surface area contributed by atoms with Crippen LogP contribution in [0.25, 0.3) is 17.5 Å². The SMILES string of the molecule is CCC1=C(CC)/C(=C/c2[nH]c(-c3[nH]c(C=O)c(CC)c3CC)c(CC)c2CC)N=C1c1[nH]c(C=O)c(CC)c1CC. The number of rotatable bonds is 13. The fourth-order valence-corrected chi connectivity index (χ4v) is 6.92. The molecule has 41 heavy (non-hydrogen) atoms. The number of nitrogens with zero attached hydrogens (tertiary/aromatic N) is 1. The Bertz CT molecular complexity index is 1550. The van der Waals surface area contributed by atoms with E-state index in [-0.39, 0.29) is 0 Å². The van der Waals surface area contributed by atoms with Crippen LogP contribution in [0.2, 0.25) is 0 Å². The van der Waals surface area contributed by atoms with Crippen molar-refractivity contribution in [1.29, 1.82) is 0 Å². The van der Waals surface area contributed by atoms with Gasteiger partial charge >= 0.3 is 0 Å². The zero-order chi connectivity index (χ0) is 29.8. The van der Waals surface area contributed by atoms with E-state index in [4.69, 9.17) is 4.99 Å². The van der Waals surface area contributed by atoms with Crippen LogP contribution >= 0.6 is 0 Å². The molecule has 1 aliphatic heterocycles. The summed E-state index contributed by atoms with van der Waals surface area (Å²) >= 11 is 0. The van der Waals surface area contributed by atoms with Crippen LogP contribution in [0, 0.1) is 0 Å². The normalized spacial score (nSPS) is 14.4. The molecule has 0 saturated heterocycles. The van der Waals surface area contributed by atoms with Crippen molar-refractivity contribution in [3.8, 4) is 11.4 Å². The van der Waals surface area contributed by atoms with E-state index in [1.807, 2.05) is 0 Å². The summed E-state index contributed by atoms with van der Waals surface area (Å²) < 4.78 is 0. The molecule has 4 heterocycles. The van der Waals surface area contributed by atoms with Crippen LogP contribution in [0.1, 0.15) is 134 Å². The number of H-pyrrole nitrogens is 3. The number of hydrogen-bond acceptors (Lipinski definition) is 3. The summed E-state index contributed by atoms with van der Waals surface area (Å²) in [6.07, 6.45) is 11.0. The Morgan fingerprint density at radius 2 is 0.878 bits per heavy atom. The predicted molar refractivity (Wildman–Crippen MR) is 171 cm³/mol. The van der Waals surface area contributed by atoms with Gasteiger partial charge in [-0.1, -0.05) is 55.4 Å². The van der Waals surface area contributed by atoms with Crippen molar-refractivity contribution in [1.82, 2.24) is 15.0 Å². The number of hydrogen-bond donors (Lipinski definition) is 3. The second-order valence-electron chi connectivity index (χ2n) is 10.6. The lowest BCUT2D eigenvalue weighted by Crippen LogP contribution is -2.06. The molecule has 3 aromatic rings. The molecule has 0 unspecified atom stereocenters. The van der Waals surface area contributed by atoms with Gasteiger partial charge in [0.05, 0.1) is 39.9 Å². The Kier molecular flexibility index (Phi) is 9.52. The van der Waals surface area contributed by atoms with E-state index in [1.165, 1.54) is 33.4 Å². The van der Waals surface area contributed by atoms with Crippen molar-refractivity contribution in [3.63, 3.8) is 0 Å². The number of aromatic amines is 3. The highest BCUT2D eigenvalue weighted by Crippen LogP contribution is 2.38. The quantitative estimate of drug-likeness (QED) is 0.185. The lowest BCUT2D eigenvalue weighted by Gasteiger charge is -2.08. The number of nitrogens with one attached hydrogen (secondary N) is 3. The van der Waals surface area contributed by atoms with Gasteiger partial charge in [-0.15, -0.1) is 0 Å². The number of allylic oxidation sites excluding steroid dienone is 2. The third-order valence-corrected chi connectivity index (χ3v) is 8.78. The number of carbonyl (C=O) groups is 2. The van der Waals surface area contributed by atoms with E-state index in [0.717, 1.165) is 109 Å². The summed E-state index contributed by atoms with van der Waals surface area (Å²) in [5, 5.41) is 0. The molecule has 6 nitrogen and oxygen atoms in total. The van der Waals surface area contributed by atoms with Gasteiger partial charge in [0, 0.05) is 5.69 Å². The average Bonchev–Trinajstić information content (AvgIpc) is 3.74. The van der Waals surface area contributed by atoms with Crippen LogP contribution < -0.4 is 0 Å². The van der Waals surface area contributed by atoms with Crippen LogP contribution in [0.3, 0.4) is 0 Å². The van der Waals surface area contributed by atoms with Gasteiger partial charge in [0.1, 0.15) is 0 Å². The van der Waals surface area contributed by atoms with Crippen molar-refractivity contribution in [2.75, 3.05) is 0 Å². The van der Waals surface area contributed by atoms with Gasteiger partial charge in [0.15, 0.2) is 12.6 Å². The minimum Gasteiger partial charge on any atom is -0.353 e. The Morgan fingerprint density at radius 1 is 0.488 bits per heavy atom. The fourth-order valence-electron chi connectivity index (χ4n) is 6.92. The smallest absolute Gasteiger partial charge is 0.166 e. The summed E-state index contributed by atoms with van der Waals surface area (Å²) in [6.45, 7) is 17.3. The largest absolute Gasteiger partial charge is 0.353 e. The molecule has 0 saturated carbocycles. The standard InChI is InChI=1S/C35H46N4O2/c1-9-20-24(13-5)32(34-26(15-7)22(11-3)30(18-40)38-34)36-28(20)17-29-21(10-2)25(14-6)33(37-29)35-27(16-8)23(12-4)31(19-41)39-35/h17-19,36,38-39H,9-16H2,1-8H3/b29-17-. The van der Waals surface area contributed by atoms with Crippen molar-refractivity contribution in [2.45, 2.75) is 107 Å². The molecule has 0 aliphatic carbocycles. The molecule has 0 atom stereocenters. The number of aliphatic imine (C=N–C) groups is 1.